The number of carbonyl (C=O) groups is 1. The summed E-state index contributed by atoms with van der Waals surface area (Å²) in [5.74, 6) is 0.461. The number of amides is 1. The zero-order valence-corrected chi connectivity index (χ0v) is 11.7. The Morgan fingerprint density at radius 1 is 1.45 bits per heavy atom. The number of rotatable bonds is 4. The van der Waals surface area contributed by atoms with Crippen LogP contribution in [0.5, 0.6) is 5.75 Å². The van der Waals surface area contributed by atoms with E-state index in [-0.39, 0.29) is 12.0 Å². The van der Waals surface area contributed by atoms with E-state index in [0.717, 1.165) is 25.7 Å². The van der Waals surface area contributed by atoms with Crippen LogP contribution >= 0.6 is 0 Å². The Hall–Kier alpha value is -2.02. The maximum absolute atomic E-state index is 11.4. The normalized spacial score (nSPS) is 25.7. The smallest absolute Gasteiger partial charge is 0.252 e. The van der Waals surface area contributed by atoms with Crippen LogP contribution in [0.1, 0.15) is 43.0 Å². The van der Waals surface area contributed by atoms with Gasteiger partial charge in [0.05, 0.1) is 17.6 Å². The molecule has 0 heterocycles. The lowest BCUT2D eigenvalue weighted by Crippen LogP contribution is -2.34. The van der Waals surface area contributed by atoms with Gasteiger partial charge in [0.1, 0.15) is 11.9 Å². The summed E-state index contributed by atoms with van der Waals surface area (Å²) >= 11 is 0. The number of ether oxygens (including phenoxy) is 1. The summed E-state index contributed by atoms with van der Waals surface area (Å²) in [5, 5.41) is 9.26. The summed E-state index contributed by atoms with van der Waals surface area (Å²) in [6.45, 7) is 2.16. The predicted octanol–water partition coefficient (Wildman–Crippen LogP) is 2.88. The standard InChI is InChI=1S/C16H20N2O2/c1-2-11-7-8-12(10-17)15(9-11)20-14-6-4-3-5-13(14)16(18)19/h3-6,11-12,15H,2,7-9H2,1H3,(H2,18,19). The number of nitriles is 1. The van der Waals surface area contributed by atoms with Crippen molar-refractivity contribution in [2.75, 3.05) is 0 Å². The largest absolute Gasteiger partial charge is 0.488 e. The first-order valence-electron chi connectivity index (χ1n) is 7.10. The second-order valence-corrected chi connectivity index (χ2v) is 5.34. The van der Waals surface area contributed by atoms with Crippen molar-refractivity contribution in [1.29, 1.82) is 5.26 Å². The van der Waals surface area contributed by atoms with Crippen molar-refractivity contribution >= 4 is 5.91 Å². The Morgan fingerprint density at radius 2 is 2.20 bits per heavy atom. The molecule has 1 aromatic rings. The summed E-state index contributed by atoms with van der Waals surface area (Å²) in [6.07, 6.45) is 3.74. The van der Waals surface area contributed by atoms with Crippen molar-refractivity contribution in [2.45, 2.75) is 38.7 Å². The molecule has 0 saturated heterocycles. The molecule has 1 saturated carbocycles. The van der Waals surface area contributed by atoms with Crippen LogP contribution in [0.3, 0.4) is 0 Å². The first kappa shape index (κ1) is 14.4. The van der Waals surface area contributed by atoms with Crippen LogP contribution < -0.4 is 10.5 Å². The zero-order valence-electron chi connectivity index (χ0n) is 11.7. The van der Waals surface area contributed by atoms with Gasteiger partial charge in [-0.05, 0) is 37.3 Å². The fourth-order valence-corrected chi connectivity index (χ4v) is 2.80. The molecule has 20 heavy (non-hydrogen) atoms. The van der Waals surface area contributed by atoms with Crippen molar-refractivity contribution in [2.24, 2.45) is 17.6 Å². The quantitative estimate of drug-likeness (QED) is 0.915. The van der Waals surface area contributed by atoms with Crippen LogP contribution in [0.2, 0.25) is 0 Å². The lowest BCUT2D eigenvalue weighted by atomic mass is 9.79. The van der Waals surface area contributed by atoms with E-state index in [1.165, 1.54) is 0 Å². The molecule has 1 amide bonds. The third-order valence-corrected chi connectivity index (χ3v) is 4.07. The van der Waals surface area contributed by atoms with E-state index in [0.29, 0.717) is 17.2 Å². The number of primary amides is 1. The third kappa shape index (κ3) is 3.11. The Kier molecular flexibility index (Phi) is 4.62. The van der Waals surface area contributed by atoms with Gasteiger partial charge in [0.15, 0.2) is 0 Å². The SMILES string of the molecule is CCC1CCC(C#N)C(Oc2ccccc2C(N)=O)C1. The molecule has 0 spiro atoms. The van der Waals surface area contributed by atoms with Crippen LogP contribution in [0.15, 0.2) is 24.3 Å². The fraction of sp³-hybridized carbons (Fsp3) is 0.500. The molecule has 0 aliphatic heterocycles. The summed E-state index contributed by atoms with van der Waals surface area (Å²) in [5.41, 5.74) is 5.73. The van der Waals surface area contributed by atoms with Gasteiger partial charge in [-0.1, -0.05) is 25.5 Å². The number of carbonyl (C=O) groups excluding carboxylic acids is 1. The molecule has 3 atom stereocenters. The van der Waals surface area contributed by atoms with Gasteiger partial charge in [-0.3, -0.25) is 4.79 Å². The maximum atomic E-state index is 11.4. The average molecular weight is 272 g/mol. The van der Waals surface area contributed by atoms with Crippen molar-refractivity contribution < 1.29 is 9.53 Å². The van der Waals surface area contributed by atoms with Gasteiger partial charge in [0.2, 0.25) is 0 Å². The van der Waals surface area contributed by atoms with E-state index in [1.807, 2.05) is 6.07 Å². The highest BCUT2D eigenvalue weighted by atomic mass is 16.5. The topological polar surface area (TPSA) is 76.1 Å². The number of hydrogen-bond donors (Lipinski definition) is 1. The van der Waals surface area contributed by atoms with Crippen LogP contribution in [-0.4, -0.2) is 12.0 Å². The minimum Gasteiger partial charge on any atom is -0.488 e. The molecule has 2 rings (SSSR count). The minimum atomic E-state index is -0.503. The van der Waals surface area contributed by atoms with Crippen molar-refractivity contribution in [3.8, 4) is 11.8 Å². The highest BCUT2D eigenvalue weighted by Gasteiger charge is 2.32. The van der Waals surface area contributed by atoms with Crippen molar-refractivity contribution in [3.05, 3.63) is 29.8 Å². The van der Waals surface area contributed by atoms with Gasteiger partial charge in [-0.25, -0.2) is 0 Å². The molecule has 0 radical (unpaired) electrons. The van der Waals surface area contributed by atoms with E-state index in [2.05, 4.69) is 13.0 Å². The van der Waals surface area contributed by atoms with Crippen LogP contribution in [0.25, 0.3) is 0 Å². The van der Waals surface area contributed by atoms with E-state index >= 15 is 0 Å². The van der Waals surface area contributed by atoms with E-state index in [4.69, 9.17) is 10.5 Å². The van der Waals surface area contributed by atoms with Crippen molar-refractivity contribution in [1.82, 2.24) is 0 Å². The molecular formula is C16H20N2O2. The highest BCUT2D eigenvalue weighted by molar-refractivity contribution is 5.95. The Bertz CT molecular complexity index is 521. The van der Waals surface area contributed by atoms with Crippen LogP contribution in [0.4, 0.5) is 0 Å². The van der Waals surface area contributed by atoms with Gasteiger partial charge < -0.3 is 10.5 Å². The lowest BCUT2D eigenvalue weighted by Gasteiger charge is -2.32. The summed E-state index contributed by atoms with van der Waals surface area (Å²) in [7, 11) is 0. The monoisotopic (exact) mass is 272 g/mol. The molecular weight excluding hydrogens is 252 g/mol. The van der Waals surface area contributed by atoms with Crippen molar-refractivity contribution in [3.63, 3.8) is 0 Å². The molecule has 1 aromatic carbocycles. The summed E-state index contributed by atoms with van der Waals surface area (Å²) in [4.78, 5) is 11.4. The second kappa shape index (κ2) is 6.42. The second-order valence-electron chi connectivity index (χ2n) is 5.34. The molecule has 4 nitrogen and oxygen atoms in total. The Morgan fingerprint density at radius 3 is 2.85 bits per heavy atom. The Labute approximate surface area is 119 Å². The van der Waals surface area contributed by atoms with Crippen LogP contribution in [-0.2, 0) is 0 Å². The number of nitrogens with zero attached hydrogens (tertiary/aromatic N) is 1. The lowest BCUT2D eigenvalue weighted by molar-refractivity contribution is 0.0856. The minimum absolute atomic E-state index is 0.112. The third-order valence-electron chi connectivity index (χ3n) is 4.07. The maximum Gasteiger partial charge on any atom is 0.252 e. The Balaban J connectivity index is 2.18. The molecule has 106 valence electrons. The van der Waals surface area contributed by atoms with E-state index in [9.17, 15) is 10.1 Å². The van der Waals surface area contributed by atoms with Gasteiger partial charge in [-0.15, -0.1) is 0 Å². The average Bonchev–Trinajstić information content (AvgIpc) is 2.47. The van der Waals surface area contributed by atoms with Gasteiger partial charge in [-0.2, -0.15) is 5.26 Å². The highest BCUT2D eigenvalue weighted by Crippen LogP contribution is 2.34. The zero-order chi connectivity index (χ0) is 14.5. The van der Waals surface area contributed by atoms with Crippen LogP contribution in [0, 0.1) is 23.2 Å². The summed E-state index contributed by atoms with van der Waals surface area (Å²) < 4.78 is 5.96. The number of nitrogens with two attached hydrogens (primary N) is 1. The molecule has 1 aliphatic carbocycles. The molecule has 0 bridgehead atoms. The van der Waals surface area contributed by atoms with Gasteiger partial charge >= 0.3 is 0 Å². The first-order valence-corrected chi connectivity index (χ1v) is 7.10. The van der Waals surface area contributed by atoms with E-state index < -0.39 is 5.91 Å². The molecule has 3 unspecified atom stereocenters. The van der Waals surface area contributed by atoms with Gasteiger partial charge in [0.25, 0.3) is 5.91 Å². The molecule has 2 N–H and O–H groups in total. The van der Waals surface area contributed by atoms with Gasteiger partial charge in [0, 0.05) is 0 Å². The summed E-state index contributed by atoms with van der Waals surface area (Å²) in [6, 6.07) is 9.28. The first-order chi connectivity index (χ1) is 9.65. The molecule has 4 heteroatoms. The molecule has 1 aliphatic rings. The van der Waals surface area contributed by atoms with E-state index in [1.54, 1.807) is 18.2 Å². The number of benzene rings is 1. The predicted molar refractivity (Wildman–Crippen MR) is 76.1 cm³/mol. The molecule has 0 aromatic heterocycles. The fourth-order valence-electron chi connectivity index (χ4n) is 2.80. The number of para-hydroxylation sites is 1. The number of hydrogen-bond acceptors (Lipinski definition) is 3. The molecule has 1 fully saturated rings.